The van der Waals surface area contributed by atoms with Crippen molar-refractivity contribution in [1.29, 1.82) is 0 Å². The van der Waals surface area contributed by atoms with E-state index in [-0.39, 0.29) is 6.04 Å². The Bertz CT molecular complexity index is 573. The zero-order chi connectivity index (χ0) is 14.0. The molecular weight excluding hydrogens is 238 g/mol. The van der Waals surface area contributed by atoms with Crippen LogP contribution in [0.25, 0.3) is 0 Å². The van der Waals surface area contributed by atoms with Gasteiger partial charge in [-0.2, -0.15) is 5.10 Å². The van der Waals surface area contributed by atoms with Gasteiger partial charge in [0, 0.05) is 18.7 Å². The minimum absolute atomic E-state index is 0.0381. The first-order valence-corrected chi connectivity index (χ1v) is 6.46. The molecule has 2 N–H and O–H groups in total. The van der Waals surface area contributed by atoms with Crippen LogP contribution in [0.5, 0.6) is 5.75 Å². The first-order chi connectivity index (χ1) is 8.97. The molecule has 0 fully saturated rings. The molecule has 0 aliphatic rings. The zero-order valence-corrected chi connectivity index (χ0v) is 12.0. The molecule has 19 heavy (non-hydrogen) atoms. The van der Waals surface area contributed by atoms with Gasteiger partial charge in [0.2, 0.25) is 0 Å². The van der Waals surface area contributed by atoms with Crippen LogP contribution >= 0.6 is 0 Å². The van der Waals surface area contributed by atoms with Gasteiger partial charge in [0.15, 0.2) is 0 Å². The van der Waals surface area contributed by atoms with E-state index in [1.807, 2.05) is 50.7 Å². The second kappa shape index (κ2) is 5.45. The van der Waals surface area contributed by atoms with E-state index in [0.717, 1.165) is 22.7 Å². The Balaban J connectivity index is 2.19. The smallest absolute Gasteiger partial charge is 0.130 e. The van der Waals surface area contributed by atoms with E-state index in [1.54, 1.807) is 0 Å². The molecule has 4 heteroatoms. The highest BCUT2D eigenvalue weighted by atomic mass is 16.5. The standard InChI is InChI=1S/C15H21N3O/c1-10-5-6-14(12(3)16)15(7-10)19-9-13-8-11(2)17-18(13)4/h5-8,12H,9,16H2,1-4H3/t12-/m1/s1. The second-order valence-electron chi connectivity index (χ2n) is 5.02. The number of hydrogen-bond acceptors (Lipinski definition) is 3. The predicted molar refractivity (Wildman–Crippen MR) is 76.1 cm³/mol. The lowest BCUT2D eigenvalue weighted by Gasteiger charge is -2.14. The first-order valence-electron chi connectivity index (χ1n) is 6.46. The highest BCUT2D eigenvalue weighted by Crippen LogP contribution is 2.26. The summed E-state index contributed by atoms with van der Waals surface area (Å²) >= 11 is 0. The summed E-state index contributed by atoms with van der Waals surface area (Å²) in [7, 11) is 1.93. The van der Waals surface area contributed by atoms with Gasteiger partial charge in [-0.25, -0.2) is 0 Å². The Hall–Kier alpha value is -1.81. The van der Waals surface area contributed by atoms with Gasteiger partial charge >= 0.3 is 0 Å². The quantitative estimate of drug-likeness (QED) is 0.918. The Morgan fingerprint density at radius 3 is 2.63 bits per heavy atom. The van der Waals surface area contributed by atoms with E-state index in [4.69, 9.17) is 10.5 Å². The minimum Gasteiger partial charge on any atom is -0.487 e. The summed E-state index contributed by atoms with van der Waals surface area (Å²) in [5, 5.41) is 4.31. The first kappa shape index (κ1) is 13.6. The van der Waals surface area contributed by atoms with Gasteiger partial charge in [0.1, 0.15) is 12.4 Å². The fraction of sp³-hybridized carbons (Fsp3) is 0.400. The Labute approximate surface area is 114 Å². The normalized spacial score (nSPS) is 12.5. The van der Waals surface area contributed by atoms with E-state index in [0.29, 0.717) is 6.61 Å². The van der Waals surface area contributed by atoms with Crippen LogP contribution in [-0.2, 0) is 13.7 Å². The highest BCUT2D eigenvalue weighted by molar-refractivity contribution is 5.39. The van der Waals surface area contributed by atoms with Gasteiger partial charge in [-0.05, 0) is 38.5 Å². The average Bonchev–Trinajstić information content (AvgIpc) is 2.65. The summed E-state index contributed by atoms with van der Waals surface area (Å²) in [6.07, 6.45) is 0. The van der Waals surface area contributed by atoms with Crippen molar-refractivity contribution in [1.82, 2.24) is 9.78 Å². The van der Waals surface area contributed by atoms with Crippen molar-refractivity contribution in [3.63, 3.8) is 0 Å². The van der Waals surface area contributed by atoms with Crippen molar-refractivity contribution in [2.24, 2.45) is 12.8 Å². The average molecular weight is 259 g/mol. The molecule has 0 amide bonds. The summed E-state index contributed by atoms with van der Waals surface area (Å²) < 4.78 is 7.76. The van der Waals surface area contributed by atoms with Gasteiger partial charge in [-0.3, -0.25) is 4.68 Å². The number of ether oxygens (including phenoxy) is 1. The summed E-state index contributed by atoms with van der Waals surface area (Å²) in [4.78, 5) is 0. The van der Waals surface area contributed by atoms with E-state index < -0.39 is 0 Å². The molecule has 1 aromatic carbocycles. The van der Waals surface area contributed by atoms with E-state index >= 15 is 0 Å². The number of benzene rings is 1. The van der Waals surface area contributed by atoms with Gasteiger partial charge in [0.05, 0.1) is 11.4 Å². The van der Waals surface area contributed by atoms with Crippen LogP contribution in [0, 0.1) is 13.8 Å². The molecular formula is C15H21N3O. The minimum atomic E-state index is -0.0381. The van der Waals surface area contributed by atoms with Crippen molar-refractivity contribution < 1.29 is 4.74 Å². The lowest BCUT2D eigenvalue weighted by atomic mass is 10.1. The monoisotopic (exact) mass is 259 g/mol. The number of aryl methyl sites for hydroxylation is 3. The molecule has 1 atom stereocenters. The summed E-state index contributed by atoms with van der Waals surface area (Å²) in [6.45, 7) is 6.49. The molecule has 0 aliphatic carbocycles. The maximum absolute atomic E-state index is 5.97. The molecule has 0 unspecified atom stereocenters. The molecule has 0 saturated heterocycles. The molecule has 0 aliphatic heterocycles. The number of hydrogen-bond donors (Lipinski definition) is 1. The lowest BCUT2D eigenvalue weighted by Crippen LogP contribution is -2.09. The molecule has 4 nitrogen and oxygen atoms in total. The van der Waals surface area contributed by atoms with Crippen LogP contribution in [0.2, 0.25) is 0 Å². The summed E-state index contributed by atoms with van der Waals surface area (Å²) in [5.74, 6) is 0.855. The molecule has 0 bridgehead atoms. The molecule has 2 aromatic rings. The van der Waals surface area contributed by atoms with Crippen molar-refractivity contribution in [3.05, 3.63) is 46.8 Å². The van der Waals surface area contributed by atoms with Crippen molar-refractivity contribution in [3.8, 4) is 5.75 Å². The zero-order valence-electron chi connectivity index (χ0n) is 12.0. The number of nitrogens with two attached hydrogens (primary N) is 1. The highest BCUT2D eigenvalue weighted by Gasteiger charge is 2.10. The molecule has 1 heterocycles. The number of aromatic nitrogens is 2. The van der Waals surface area contributed by atoms with E-state index in [1.165, 1.54) is 5.56 Å². The third kappa shape index (κ3) is 3.15. The number of nitrogens with zero attached hydrogens (tertiary/aromatic N) is 2. The van der Waals surface area contributed by atoms with Crippen molar-refractivity contribution >= 4 is 0 Å². The maximum atomic E-state index is 5.97. The second-order valence-corrected chi connectivity index (χ2v) is 5.02. The van der Waals surface area contributed by atoms with Crippen molar-refractivity contribution in [2.45, 2.75) is 33.4 Å². The molecule has 102 valence electrons. The summed E-state index contributed by atoms with van der Waals surface area (Å²) in [5.41, 5.74) is 10.2. The molecule has 2 rings (SSSR count). The van der Waals surface area contributed by atoms with Crippen LogP contribution in [0.3, 0.4) is 0 Å². The predicted octanol–water partition coefficient (Wildman–Crippen LogP) is 2.64. The topological polar surface area (TPSA) is 53.1 Å². The SMILES string of the molecule is Cc1ccc([C@@H](C)N)c(OCc2cc(C)nn2C)c1. The largest absolute Gasteiger partial charge is 0.487 e. The fourth-order valence-corrected chi connectivity index (χ4v) is 2.09. The maximum Gasteiger partial charge on any atom is 0.130 e. The van der Waals surface area contributed by atoms with E-state index in [2.05, 4.69) is 11.2 Å². The third-order valence-electron chi connectivity index (χ3n) is 3.13. The molecule has 0 radical (unpaired) electrons. The van der Waals surface area contributed by atoms with Gasteiger partial charge in [-0.15, -0.1) is 0 Å². The molecule has 1 aromatic heterocycles. The Morgan fingerprint density at radius 2 is 2.05 bits per heavy atom. The van der Waals surface area contributed by atoms with E-state index in [9.17, 15) is 0 Å². The van der Waals surface area contributed by atoms with Crippen LogP contribution in [0.4, 0.5) is 0 Å². The van der Waals surface area contributed by atoms with Crippen LogP contribution in [0.1, 0.15) is 35.5 Å². The van der Waals surface area contributed by atoms with Crippen molar-refractivity contribution in [2.75, 3.05) is 0 Å². The van der Waals surface area contributed by atoms with Gasteiger partial charge in [-0.1, -0.05) is 12.1 Å². The fourth-order valence-electron chi connectivity index (χ4n) is 2.09. The molecule has 0 spiro atoms. The lowest BCUT2D eigenvalue weighted by molar-refractivity contribution is 0.290. The van der Waals surface area contributed by atoms with Crippen LogP contribution < -0.4 is 10.5 Å². The Kier molecular flexibility index (Phi) is 3.90. The van der Waals surface area contributed by atoms with Gasteiger partial charge < -0.3 is 10.5 Å². The molecule has 0 saturated carbocycles. The summed E-state index contributed by atoms with van der Waals surface area (Å²) in [6, 6.07) is 8.11. The number of rotatable bonds is 4. The Morgan fingerprint density at radius 1 is 1.32 bits per heavy atom. The van der Waals surface area contributed by atoms with Crippen LogP contribution in [-0.4, -0.2) is 9.78 Å². The van der Waals surface area contributed by atoms with Gasteiger partial charge in [0.25, 0.3) is 0 Å². The van der Waals surface area contributed by atoms with Crippen LogP contribution in [0.15, 0.2) is 24.3 Å². The third-order valence-corrected chi connectivity index (χ3v) is 3.13.